The molecule has 1 aromatic carbocycles. The summed E-state index contributed by atoms with van der Waals surface area (Å²) in [5, 5.41) is 3.04. The summed E-state index contributed by atoms with van der Waals surface area (Å²) in [4.78, 5) is 2.45. The Morgan fingerprint density at radius 2 is 2.05 bits per heavy atom. The predicted molar refractivity (Wildman–Crippen MR) is 86.6 cm³/mol. The lowest BCUT2D eigenvalue weighted by Gasteiger charge is -2.36. The van der Waals surface area contributed by atoms with E-state index in [4.69, 9.17) is 0 Å². The Labute approximate surface area is 134 Å². The predicted octanol–water partition coefficient (Wildman–Crippen LogP) is 4.65. The molecule has 0 saturated carbocycles. The molecule has 2 rings (SSSR count). The third-order valence-corrected chi connectivity index (χ3v) is 4.63. The smallest absolute Gasteiger partial charge is 0.150 e. The molecule has 1 N–H and O–H groups in total. The molecule has 5 heteroatoms. The number of piperidine rings is 1. The molecule has 0 radical (unpaired) electrons. The van der Waals surface area contributed by atoms with E-state index in [9.17, 15) is 8.78 Å². The van der Waals surface area contributed by atoms with E-state index in [-0.39, 0.29) is 11.7 Å². The van der Waals surface area contributed by atoms with E-state index in [2.05, 4.69) is 33.1 Å². The molecule has 1 saturated heterocycles. The molecule has 1 aliphatic rings. The summed E-state index contributed by atoms with van der Waals surface area (Å²) in [5.74, 6) is -0.669. The lowest BCUT2D eigenvalue weighted by atomic mass is 9.91. The summed E-state index contributed by atoms with van der Waals surface area (Å²) in [7, 11) is 0. The molecule has 1 fully saturated rings. The molecule has 2 atom stereocenters. The van der Waals surface area contributed by atoms with Gasteiger partial charge in [0.2, 0.25) is 0 Å². The van der Waals surface area contributed by atoms with Crippen molar-refractivity contribution in [3.63, 3.8) is 0 Å². The van der Waals surface area contributed by atoms with Gasteiger partial charge in [-0.1, -0.05) is 22.9 Å². The summed E-state index contributed by atoms with van der Waals surface area (Å²) >= 11 is 3.10. The second-order valence-electron chi connectivity index (χ2n) is 5.88. The van der Waals surface area contributed by atoms with Gasteiger partial charge in [-0.25, -0.2) is 8.78 Å². The molecule has 118 valence electrons. The normalized spacial score (nSPS) is 21.3. The van der Waals surface area contributed by atoms with Crippen LogP contribution in [0.1, 0.15) is 33.1 Å². The van der Waals surface area contributed by atoms with Crippen molar-refractivity contribution in [2.45, 2.75) is 39.2 Å². The Bertz CT molecular complexity index is 456. The van der Waals surface area contributed by atoms with Gasteiger partial charge in [-0.2, -0.15) is 0 Å². The quantitative estimate of drug-likeness (QED) is 0.821. The van der Waals surface area contributed by atoms with Gasteiger partial charge in [0.1, 0.15) is 17.3 Å². The van der Waals surface area contributed by atoms with E-state index >= 15 is 0 Å². The molecule has 1 aliphatic heterocycles. The molecule has 2 unspecified atom stereocenters. The van der Waals surface area contributed by atoms with Crippen LogP contribution < -0.4 is 5.32 Å². The number of benzene rings is 1. The molecule has 0 aliphatic carbocycles. The van der Waals surface area contributed by atoms with E-state index < -0.39 is 11.6 Å². The first kappa shape index (κ1) is 16.7. The summed E-state index contributed by atoms with van der Waals surface area (Å²) in [6.45, 7) is 7.43. The van der Waals surface area contributed by atoms with Gasteiger partial charge >= 0.3 is 0 Å². The van der Waals surface area contributed by atoms with Crippen LogP contribution in [0.15, 0.2) is 16.6 Å². The maximum atomic E-state index is 13.9. The van der Waals surface area contributed by atoms with Crippen LogP contribution in [-0.2, 0) is 0 Å². The fourth-order valence-corrected chi connectivity index (χ4v) is 3.45. The maximum absolute atomic E-state index is 13.9. The Morgan fingerprint density at radius 1 is 1.38 bits per heavy atom. The topological polar surface area (TPSA) is 15.3 Å². The van der Waals surface area contributed by atoms with Gasteiger partial charge in [0.25, 0.3) is 0 Å². The number of nitrogens with one attached hydrogen (secondary N) is 1. The van der Waals surface area contributed by atoms with Crippen molar-refractivity contribution in [1.82, 2.24) is 4.90 Å². The van der Waals surface area contributed by atoms with Crippen molar-refractivity contribution in [3.8, 4) is 0 Å². The SMILES string of the molecule is CCCN1CCCC(C(C)Nc2c(F)cc(Br)cc2F)C1. The fraction of sp³-hybridized carbons (Fsp3) is 0.625. The second-order valence-corrected chi connectivity index (χ2v) is 6.80. The highest BCUT2D eigenvalue weighted by molar-refractivity contribution is 9.10. The zero-order chi connectivity index (χ0) is 15.4. The highest BCUT2D eigenvalue weighted by Crippen LogP contribution is 2.27. The van der Waals surface area contributed by atoms with Crippen molar-refractivity contribution in [2.75, 3.05) is 25.0 Å². The van der Waals surface area contributed by atoms with Gasteiger partial charge in [-0.15, -0.1) is 0 Å². The number of hydrogen-bond acceptors (Lipinski definition) is 2. The minimum absolute atomic E-state index is 0.0154. The van der Waals surface area contributed by atoms with Crippen LogP contribution in [0.25, 0.3) is 0 Å². The fourth-order valence-electron chi connectivity index (χ4n) is 3.04. The van der Waals surface area contributed by atoms with E-state index in [0.717, 1.165) is 38.9 Å². The number of likely N-dealkylation sites (tertiary alicyclic amines) is 1. The van der Waals surface area contributed by atoms with Crippen molar-refractivity contribution in [3.05, 3.63) is 28.2 Å². The van der Waals surface area contributed by atoms with Crippen LogP contribution >= 0.6 is 15.9 Å². The van der Waals surface area contributed by atoms with Crippen molar-refractivity contribution in [1.29, 1.82) is 0 Å². The van der Waals surface area contributed by atoms with Gasteiger partial charge in [0.05, 0.1) is 0 Å². The number of hydrogen-bond donors (Lipinski definition) is 1. The number of anilines is 1. The molecule has 21 heavy (non-hydrogen) atoms. The first-order valence-corrected chi connectivity index (χ1v) is 8.44. The molecule has 0 spiro atoms. The summed E-state index contributed by atoms with van der Waals surface area (Å²) in [6, 6.07) is 2.64. The molecule has 1 heterocycles. The molecular formula is C16H23BrF2N2. The molecular weight excluding hydrogens is 338 g/mol. The minimum Gasteiger partial charge on any atom is -0.378 e. The molecule has 0 bridgehead atoms. The largest absolute Gasteiger partial charge is 0.378 e. The average molecular weight is 361 g/mol. The van der Waals surface area contributed by atoms with Crippen molar-refractivity contribution < 1.29 is 8.78 Å². The summed E-state index contributed by atoms with van der Waals surface area (Å²) in [5.41, 5.74) is -0.0154. The Kier molecular flexibility index (Phi) is 5.99. The van der Waals surface area contributed by atoms with Crippen LogP contribution in [0.3, 0.4) is 0 Å². The Morgan fingerprint density at radius 3 is 2.67 bits per heavy atom. The van der Waals surface area contributed by atoms with E-state index in [1.165, 1.54) is 12.1 Å². The van der Waals surface area contributed by atoms with Gasteiger partial charge in [-0.3, -0.25) is 0 Å². The van der Waals surface area contributed by atoms with Crippen LogP contribution in [0, 0.1) is 17.6 Å². The van der Waals surface area contributed by atoms with Gasteiger partial charge < -0.3 is 10.2 Å². The molecule has 1 aromatic rings. The summed E-state index contributed by atoms with van der Waals surface area (Å²) < 4.78 is 28.2. The van der Waals surface area contributed by atoms with E-state index in [1.807, 2.05) is 6.92 Å². The first-order valence-electron chi connectivity index (χ1n) is 7.64. The second kappa shape index (κ2) is 7.54. The van der Waals surface area contributed by atoms with Crippen LogP contribution in [0.2, 0.25) is 0 Å². The van der Waals surface area contributed by atoms with E-state index in [1.54, 1.807) is 0 Å². The summed E-state index contributed by atoms with van der Waals surface area (Å²) in [6.07, 6.45) is 3.40. The third kappa shape index (κ3) is 4.39. The van der Waals surface area contributed by atoms with Crippen molar-refractivity contribution >= 4 is 21.6 Å². The monoisotopic (exact) mass is 360 g/mol. The number of rotatable bonds is 5. The zero-order valence-electron chi connectivity index (χ0n) is 12.6. The van der Waals surface area contributed by atoms with Crippen LogP contribution in [-0.4, -0.2) is 30.6 Å². The van der Waals surface area contributed by atoms with Crippen molar-refractivity contribution in [2.24, 2.45) is 5.92 Å². The highest BCUT2D eigenvalue weighted by Gasteiger charge is 2.25. The first-order chi connectivity index (χ1) is 10.0. The third-order valence-electron chi connectivity index (χ3n) is 4.17. The van der Waals surface area contributed by atoms with Crippen LogP contribution in [0.4, 0.5) is 14.5 Å². The van der Waals surface area contributed by atoms with Gasteiger partial charge in [0, 0.05) is 17.1 Å². The lowest BCUT2D eigenvalue weighted by molar-refractivity contribution is 0.165. The molecule has 0 aromatic heterocycles. The van der Waals surface area contributed by atoms with Gasteiger partial charge in [0.15, 0.2) is 0 Å². The van der Waals surface area contributed by atoms with E-state index in [0.29, 0.717) is 10.4 Å². The number of halogens is 3. The highest BCUT2D eigenvalue weighted by atomic mass is 79.9. The lowest BCUT2D eigenvalue weighted by Crippen LogP contribution is -2.42. The molecule has 2 nitrogen and oxygen atoms in total. The Balaban J connectivity index is 2.02. The Hall–Kier alpha value is -0.680. The minimum atomic E-state index is -0.546. The van der Waals surface area contributed by atoms with Crippen LogP contribution in [0.5, 0.6) is 0 Å². The maximum Gasteiger partial charge on any atom is 0.150 e. The standard InChI is InChI=1S/C16H23BrF2N2/c1-3-6-21-7-4-5-12(10-21)11(2)20-16-14(18)8-13(17)9-15(16)19/h8-9,11-12,20H,3-7,10H2,1-2H3. The average Bonchev–Trinajstić information content (AvgIpc) is 2.43. The molecule has 0 amide bonds. The number of nitrogens with zero attached hydrogens (tertiary/aromatic N) is 1. The zero-order valence-corrected chi connectivity index (χ0v) is 14.2. The van der Waals surface area contributed by atoms with Gasteiger partial charge in [-0.05, 0) is 57.3 Å².